The van der Waals surface area contributed by atoms with Crippen LogP contribution >= 0.6 is 43.5 Å². The molecule has 0 fully saturated rings. The zero-order valence-electron chi connectivity index (χ0n) is 10.4. The van der Waals surface area contributed by atoms with Crippen molar-refractivity contribution in [3.8, 4) is 5.75 Å². The smallest absolute Gasteiger partial charge is 0.257 e. The second-order valence-electron chi connectivity index (χ2n) is 3.90. The molecule has 0 aliphatic heterocycles. The van der Waals surface area contributed by atoms with Crippen LogP contribution in [0.15, 0.2) is 45.3 Å². The molecular formula is C14H10Br2ClNO2. The van der Waals surface area contributed by atoms with Crippen LogP contribution in [0.1, 0.15) is 10.4 Å². The fourth-order valence-corrected chi connectivity index (χ4v) is 2.60. The minimum Gasteiger partial charge on any atom is -0.495 e. The summed E-state index contributed by atoms with van der Waals surface area (Å²) in [4.78, 5) is 12.2. The first-order chi connectivity index (χ1) is 9.52. The maximum absolute atomic E-state index is 12.2. The summed E-state index contributed by atoms with van der Waals surface area (Å²) in [6.07, 6.45) is 0. The predicted molar refractivity (Wildman–Crippen MR) is 87.8 cm³/mol. The number of ether oxygens (including phenoxy) is 1. The first-order valence-electron chi connectivity index (χ1n) is 5.62. The molecule has 20 heavy (non-hydrogen) atoms. The minimum absolute atomic E-state index is 0.277. The summed E-state index contributed by atoms with van der Waals surface area (Å²) in [5, 5.41) is 3.17. The molecule has 0 bridgehead atoms. The van der Waals surface area contributed by atoms with Crippen molar-refractivity contribution in [3.63, 3.8) is 0 Å². The van der Waals surface area contributed by atoms with Gasteiger partial charge in [-0.25, -0.2) is 0 Å². The van der Waals surface area contributed by atoms with E-state index in [1.54, 1.807) is 43.5 Å². The Morgan fingerprint density at radius 1 is 1.20 bits per heavy atom. The van der Waals surface area contributed by atoms with Crippen molar-refractivity contribution >= 4 is 55.1 Å². The van der Waals surface area contributed by atoms with Crippen LogP contribution in [0.2, 0.25) is 5.02 Å². The Morgan fingerprint density at radius 3 is 2.65 bits per heavy atom. The van der Waals surface area contributed by atoms with Crippen LogP contribution in [-0.2, 0) is 0 Å². The number of rotatable bonds is 3. The molecule has 0 unspecified atom stereocenters. The van der Waals surface area contributed by atoms with Gasteiger partial charge in [0.1, 0.15) is 5.75 Å². The summed E-state index contributed by atoms with van der Waals surface area (Å²) in [7, 11) is 1.57. The molecule has 0 spiro atoms. The van der Waals surface area contributed by atoms with E-state index in [4.69, 9.17) is 16.3 Å². The Morgan fingerprint density at radius 2 is 1.95 bits per heavy atom. The van der Waals surface area contributed by atoms with Crippen molar-refractivity contribution in [2.45, 2.75) is 0 Å². The van der Waals surface area contributed by atoms with Gasteiger partial charge >= 0.3 is 0 Å². The molecule has 0 atom stereocenters. The molecule has 2 rings (SSSR count). The Hall–Kier alpha value is -1.04. The third-order valence-electron chi connectivity index (χ3n) is 2.61. The van der Waals surface area contributed by atoms with E-state index in [1.807, 2.05) is 0 Å². The number of nitrogens with one attached hydrogen (secondary N) is 1. The number of anilines is 1. The largest absolute Gasteiger partial charge is 0.495 e. The summed E-state index contributed by atoms with van der Waals surface area (Å²) < 4.78 is 6.68. The van der Waals surface area contributed by atoms with Gasteiger partial charge in [0.15, 0.2) is 0 Å². The molecule has 0 radical (unpaired) electrons. The van der Waals surface area contributed by atoms with Gasteiger partial charge < -0.3 is 10.1 Å². The number of hydrogen-bond acceptors (Lipinski definition) is 2. The highest BCUT2D eigenvalue weighted by molar-refractivity contribution is 9.10. The zero-order valence-corrected chi connectivity index (χ0v) is 14.3. The third-order valence-corrected chi connectivity index (χ3v) is 4.56. The molecule has 104 valence electrons. The van der Waals surface area contributed by atoms with Gasteiger partial charge in [0.2, 0.25) is 0 Å². The van der Waals surface area contributed by atoms with E-state index < -0.39 is 0 Å². The van der Waals surface area contributed by atoms with Gasteiger partial charge in [-0.2, -0.15) is 0 Å². The second-order valence-corrected chi connectivity index (χ2v) is 5.99. The first kappa shape index (κ1) is 15.4. The monoisotopic (exact) mass is 417 g/mol. The molecular weight excluding hydrogens is 409 g/mol. The number of halogens is 3. The average Bonchev–Trinajstić information content (AvgIpc) is 2.43. The SMILES string of the molecule is COc1cc(NC(=O)c2cccc(Br)c2Cl)ccc1Br. The van der Waals surface area contributed by atoms with E-state index in [9.17, 15) is 4.79 Å². The highest BCUT2D eigenvalue weighted by Crippen LogP contribution is 2.29. The maximum Gasteiger partial charge on any atom is 0.257 e. The predicted octanol–water partition coefficient (Wildman–Crippen LogP) is 5.13. The van der Waals surface area contributed by atoms with Crippen molar-refractivity contribution in [3.05, 3.63) is 55.9 Å². The van der Waals surface area contributed by atoms with E-state index in [2.05, 4.69) is 37.2 Å². The lowest BCUT2D eigenvalue weighted by atomic mass is 10.2. The fraction of sp³-hybridized carbons (Fsp3) is 0.0714. The first-order valence-corrected chi connectivity index (χ1v) is 7.58. The van der Waals surface area contributed by atoms with Gasteiger partial charge in [-0.1, -0.05) is 17.7 Å². The van der Waals surface area contributed by atoms with Crippen LogP contribution in [0.25, 0.3) is 0 Å². The lowest BCUT2D eigenvalue weighted by Crippen LogP contribution is -2.12. The molecule has 2 aromatic carbocycles. The average molecular weight is 420 g/mol. The van der Waals surface area contributed by atoms with E-state index in [-0.39, 0.29) is 5.91 Å². The minimum atomic E-state index is -0.277. The van der Waals surface area contributed by atoms with E-state index in [0.29, 0.717) is 26.5 Å². The van der Waals surface area contributed by atoms with E-state index >= 15 is 0 Å². The molecule has 0 aliphatic rings. The number of hydrogen-bond donors (Lipinski definition) is 1. The normalized spacial score (nSPS) is 10.2. The molecule has 0 aromatic heterocycles. The summed E-state index contributed by atoms with van der Waals surface area (Å²) in [6.45, 7) is 0. The topological polar surface area (TPSA) is 38.3 Å². The van der Waals surface area contributed by atoms with Gasteiger partial charge in [0.05, 0.1) is 22.2 Å². The van der Waals surface area contributed by atoms with E-state index in [1.165, 1.54) is 0 Å². The molecule has 6 heteroatoms. The number of carbonyl (C=O) groups is 1. The number of carbonyl (C=O) groups excluding carboxylic acids is 1. The van der Waals surface area contributed by atoms with Gasteiger partial charge in [-0.05, 0) is 56.1 Å². The number of methoxy groups -OCH3 is 1. The quantitative estimate of drug-likeness (QED) is 0.749. The molecule has 3 nitrogen and oxygen atoms in total. The molecule has 0 aliphatic carbocycles. The lowest BCUT2D eigenvalue weighted by Gasteiger charge is -2.10. The van der Waals surface area contributed by atoms with Gasteiger partial charge in [-0.15, -0.1) is 0 Å². The summed E-state index contributed by atoms with van der Waals surface area (Å²) in [6, 6.07) is 10.5. The van der Waals surface area contributed by atoms with Gasteiger partial charge in [-0.3, -0.25) is 4.79 Å². The molecule has 1 amide bonds. The van der Waals surface area contributed by atoms with Crippen LogP contribution < -0.4 is 10.1 Å². The Bertz CT molecular complexity index is 662. The van der Waals surface area contributed by atoms with Crippen molar-refractivity contribution in [1.82, 2.24) is 0 Å². The molecule has 1 N–H and O–H groups in total. The second kappa shape index (κ2) is 6.61. The standard InChI is InChI=1S/C14H10Br2ClNO2/c1-20-12-7-8(5-6-10(12)15)18-14(19)9-3-2-4-11(16)13(9)17/h2-7H,1H3,(H,18,19). The van der Waals surface area contributed by atoms with Gasteiger partial charge in [0, 0.05) is 16.2 Å². The van der Waals surface area contributed by atoms with Crippen LogP contribution in [0.3, 0.4) is 0 Å². The Labute approximate surface area is 138 Å². The van der Waals surface area contributed by atoms with Gasteiger partial charge in [0.25, 0.3) is 5.91 Å². The van der Waals surface area contributed by atoms with Crippen LogP contribution in [0.4, 0.5) is 5.69 Å². The molecule has 0 saturated carbocycles. The number of amides is 1. The summed E-state index contributed by atoms with van der Waals surface area (Å²) in [5.74, 6) is 0.365. The van der Waals surface area contributed by atoms with Crippen LogP contribution in [0, 0.1) is 0 Å². The third kappa shape index (κ3) is 3.34. The zero-order chi connectivity index (χ0) is 14.7. The molecule has 0 saturated heterocycles. The van der Waals surface area contributed by atoms with Crippen molar-refractivity contribution in [2.75, 3.05) is 12.4 Å². The lowest BCUT2D eigenvalue weighted by molar-refractivity contribution is 0.102. The van der Waals surface area contributed by atoms with Crippen LogP contribution in [0.5, 0.6) is 5.75 Å². The summed E-state index contributed by atoms with van der Waals surface area (Å²) in [5.41, 5.74) is 1.04. The van der Waals surface area contributed by atoms with E-state index in [0.717, 1.165) is 4.47 Å². The summed E-state index contributed by atoms with van der Waals surface area (Å²) >= 11 is 12.8. The number of benzene rings is 2. The van der Waals surface area contributed by atoms with Crippen molar-refractivity contribution < 1.29 is 9.53 Å². The van der Waals surface area contributed by atoms with Crippen molar-refractivity contribution in [2.24, 2.45) is 0 Å². The fourth-order valence-electron chi connectivity index (χ4n) is 1.62. The highest BCUT2D eigenvalue weighted by Gasteiger charge is 2.13. The Kier molecular flexibility index (Phi) is 5.07. The Balaban J connectivity index is 2.26. The molecule has 0 heterocycles. The molecule has 2 aromatic rings. The van der Waals surface area contributed by atoms with Crippen LogP contribution in [-0.4, -0.2) is 13.0 Å². The highest BCUT2D eigenvalue weighted by atomic mass is 79.9. The maximum atomic E-state index is 12.2. The van der Waals surface area contributed by atoms with Crippen molar-refractivity contribution in [1.29, 1.82) is 0 Å².